The first-order valence-corrected chi connectivity index (χ1v) is 8.40. The minimum Gasteiger partial charge on any atom is -0.287 e. The normalized spacial score (nSPS) is 17.1. The number of carbonyl (C=O) groups is 3. The highest BCUT2D eigenvalue weighted by Gasteiger charge is 2.40. The van der Waals surface area contributed by atoms with Crippen LogP contribution in [0.4, 0.5) is 18.9 Å². The van der Waals surface area contributed by atoms with Gasteiger partial charge in [-0.25, -0.2) is 10.3 Å². The molecular weight excluding hydrogens is 399 g/mol. The fourth-order valence-corrected chi connectivity index (χ4v) is 2.92. The quantitative estimate of drug-likeness (QED) is 0.599. The number of hydrogen-bond donors (Lipinski definition) is 2. The topological polar surface area (TPSA) is 78.5 Å². The van der Waals surface area contributed by atoms with Crippen molar-refractivity contribution >= 4 is 35.0 Å². The van der Waals surface area contributed by atoms with Crippen LogP contribution >= 0.6 is 11.6 Å². The summed E-state index contributed by atoms with van der Waals surface area (Å²) in [6, 6.07) is 9.00. The first-order valence-electron chi connectivity index (χ1n) is 8.03. The van der Waals surface area contributed by atoms with Crippen molar-refractivity contribution < 1.29 is 27.6 Å². The molecule has 1 saturated heterocycles. The number of carbonyl (C=O) groups excluding carboxylic acids is 3. The number of amides is 3. The Morgan fingerprint density at radius 3 is 2.50 bits per heavy atom. The Morgan fingerprint density at radius 1 is 1.11 bits per heavy atom. The molecule has 2 N–H and O–H groups in total. The van der Waals surface area contributed by atoms with Crippen molar-refractivity contribution in [3.63, 3.8) is 0 Å². The summed E-state index contributed by atoms with van der Waals surface area (Å²) in [5.74, 6) is -2.08. The lowest BCUT2D eigenvalue weighted by Gasteiger charge is -2.17. The predicted octanol–water partition coefficient (Wildman–Crippen LogP) is 2.93. The number of halogens is 4. The van der Waals surface area contributed by atoms with E-state index in [1.165, 1.54) is 18.2 Å². The molecule has 3 amide bonds. The summed E-state index contributed by atoms with van der Waals surface area (Å²) in [7, 11) is 0. The average molecular weight is 412 g/mol. The lowest BCUT2D eigenvalue weighted by atomic mass is 10.2. The molecule has 0 bridgehead atoms. The van der Waals surface area contributed by atoms with E-state index in [1.807, 2.05) is 0 Å². The molecule has 0 aromatic heterocycles. The van der Waals surface area contributed by atoms with E-state index in [9.17, 15) is 27.6 Å². The van der Waals surface area contributed by atoms with Crippen LogP contribution in [0.1, 0.15) is 22.3 Å². The second kappa shape index (κ2) is 7.61. The van der Waals surface area contributed by atoms with E-state index in [-0.39, 0.29) is 22.7 Å². The third kappa shape index (κ3) is 4.00. The molecule has 10 heteroatoms. The zero-order valence-electron chi connectivity index (χ0n) is 14.1. The molecule has 0 unspecified atom stereocenters. The molecule has 28 heavy (non-hydrogen) atoms. The Morgan fingerprint density at radius 2 is 1.82 bits per heavy atom. The molecule has 1 aliphatic heterocycles. The maximum atomic E-state index is 12.9. The van der Waals surface area contributed by atoms with E-state index in [4.69, 9.17) is 11.6 Å². The molecule has 1 atom stereocenters. The smallest absolute Gasteiger partial charge is 0.287 e. The molecule has 0 radical (unpaired) electrons. The van der Waals surface area contributed by atoms with Crippen molar-refractivity contribution in [3.8, 4) is 0 Å². The van der Waals surface area contributed by atoms with Gasteiger partial charge in [-0.05, 0) is 30.3 Å². The lowest BCUT2D eigenvalue weighted by molar-refractivity contribution is -0.137. The number of hydrazine groups is 1. The fourth-order valence-electron chi connectivity index (χ4n) is 2.70. The van der Waals surface area contributed by atoms with Crippen molar-refractivity contribution in [2.45, 2.75) is 18.6 Å². The number of alkyl halides is 3. The van der Waals surface area contributed by atoms with E-state index in [1.54, 1.807) is 12.1 Å². The molecule has 0 saturated carbocycles. The minimum absolute atomic E-state index is 0.156. The summed E-state index contributed by atoms with van der Waals surface area (Å²) < 4.78 is 38.6. The molecular formula is C18H13ClF3N3O3. The van der Waals surface area contributed by atoms with Gasteiger partial charge in [-0.1, -0.05) is 29.8 Å². The predicted molar refractivity (Wildman–Crippen MR) is 94.4 cm³/mol. The number of rotatable bonds is 4. The summed E-state index contributed by atoms with van der Waals surface area (Å²) in [4.78, 5) is 37.4. The number of hydrogen-bond acceptors (Lipinski definition) is 4. The highest BCUT2D eigenvalue weighted by atomic mass is 35.5. The third-order valence-electron chi connectivity index (χ3n) is 4.06. The molecule has 146 valence electrons. The van der Waals surface area contributed by atoms with Crippen LogP contribution in [0.25, 0.3) is 0 Å². The Hall–Kier alpha value is -2.91. The maximum absolute atomic E-state index is 12.9. The largest absolute Gasteiger partial charge is 0.416 e. The van der Waals surface area contributed by atoms with Gasteiger partial charge in [0.1, 0.15) is 6.04 Å². The van der Waals surface area contributed by atoms with E-state index in [0.29, 0.717) is 4.90 Å². The third-order valence-corrected chi connectivity index (χ3v) is 4.39. The maximum Gasteiger partial charge on any atom is 0.416 e. The van der Waals surface area contributed by atoms with Crippen LogP contribution in [0.3, 0.4) is 0 Å². The van der Waals surface area contributed by atoms with Gasteiger partial charge in [0.2, 0.25) is 5.91 Å². The Kier molecular flexibility index (Phi) is 5.39. The molecule has 2 aromatic rings. The van der Waals surface area contributed by atoms with Gasteiger partial charge in [0.15, 0.2) is 0 Å². The van der Waals surface area contributed by atoms with Gasteiger partial charge in [-0.15, -0.1) is 0 Å². The van der Waals surface area contributed by atoms with Crippen molar-refractivity contribution in [1.29, 1.82) is 0 Å². The van der Waals surface area contributed by atoms with Crippen molar-refractivity contribution in [1.82, 2.24) is 10.9 Å². The molecule has 1 aliphatic rings. The number of benzene rings is 2. The van der Waals surface area contributed by atoms with Gasteiger partial charge in [0, 0.05) is 0 Å². The van der Waals surface area contributed by atoms with Gasteiger partial charge in [-0.3, -0.25) is 19.8 Å². The monoisotopic (exact) mass is 411 g/mol. The lowest BCUT2D eigenvalue weighted by Crippen LogP contribution is -2.48. The zero-order valence-corrected chi connectivity index (χ0v) is 14.8. The van der Waals surface area contributed by atoms with Crippen LogP contribution in [0.5, 0.6) is 0 Å². The highest BCUT2D eigenvalue weighted by Crippen LogP contribution is 2.33. The molecule has 1 heterocycles. The zero-order chi connectivity index (χ0) is 20.5. The fraction of sp³-hybridized carbons (Fsp3) is 0.167. The second-order valence-electron chi connectivity index (χ2n) is 5.95. The van der Waals surface area contributed by atoms with E-state index >= 15 is 0 Å². The number of nitrogens with one attached hydrogen (secondary N) is 2. The van der Waals surface area contributed by atoms with Crippen molar-refractivity contribution in [2.75, 3.05) is 4.90 Å². The van der Waals surface area contributed by atoms with Gasteiger partial charge in [-0.2, -0.15) is 13.2 Å². The average Bonchev–Trinajstić information content (AvgIpc) is 2.93. The Balaban J connectivity index is 1.72. The van der Waals surface area contributed by atoms with Gasteiger partial charge < -0.3 is 0 Å². The molecule has 0 spiro atoms. The van der Waals surface area contributed by atoms with E-state index < -0.39 is 35.5 Å². The second-order valence-corrected chi connectivity index (χ2v) is 6.36. The van der Waals surface area contributed by atoms with Crippen LogP contribution in [0, 0.1) is 0 Å². The first kappa shape index (κ1) is 19.8. The molecule has 3 rings (SSSR count). The summed E-state index contributed by atoms with van der Waals surface area (Å²) in [6.45, 7) is 0. The van der Waals surface area contributed by atoms with Crippen molar-refractivity contribution in [2.24, 2.45) is 0 Å². The van der Waals surface area contributed by atoms with E-state index in [2.05, 4.69) is 10.9 Å². The van der Waals surface area contributed by atoms with Crippen LogP contribution < -0.4 is 15.8 Å². The summed E-state index contributed by atoms with van der Waals surface area (Å²) in [6.07, 6.45) is -4.93. The molecule has 2 aromatic carbocycles. The van der Waals surface area contributed by atoms with E-state index in [0.717, 1.165) is 18.2 Å². The molecule has 6 nitrogen and oxygen atoms in total. The van der Waals surface area contributed by atoms with Crippen LogP contribution in [0.2, 0.25) is 5.02 Å². The van der Waals surface area contributed by atoms with Gasteiger partial charge >= 0.3 is 6.18 Å². The SMILES string of the molecule is O=C(NN[C@@H]1CC(=O)N(c2cccc(C(F)(F)F)c2)C1=O)c1ccccc1Cl. The molecule has 0 aliphatic carbocycles. The van der Waals surface area contributed by atoms with Crippen LogP contribution in [-0.2, 0) is 15.8 Å². The number of nitrogens with zero attached hydrogens (tertiary/aromatic N) is 1. The summed E-state index contributed by atoms with van der Waals surface area (Å²) >= 11 is 5.91. The highest BCUT2D eigenvalue weighted by molar-refractivity contribution is 6.33. The van der Waals surface area contributed by atoms with Gasteiger partial charge in [0.25, 0.3) is 11.8 Å². The first-order chi connectivity index (χ1) is 13.2. The summed E-state index contributed by atoms with van der Waals surface area (Å²) in [5.41, 5.74) is 3.72. The van der Waals surface area contributed by atoms with Gasteiger partial charge in [0.05, 0.1) is 28.3 Å². The Labute approximate surface area is 162 Å². The standard InChI is InChI=1S/C18H13ClF3N3O3/c19-13-7-2-1-6-12(13)16(27)24-23-14-9-15(26)25(17(14)28)11-5-3-4-10(8-11)18(20,21)22/h1-8,14,23H,9H2,(H,24,27)/t14-/m1/s1. The number of imide groups is 1. The number of anilines is 1. The minimum atomic E-state index is -4.61. The van der Waals surface area contributed by atoms with Crippen LogP contribution in [-0.4, -0.2) is 23.8 Å². The van der Waals surface area contributed by atoms with Crippen molar-refractivity contribution in [3.05, 3.63) is 64.7 Å². The Bertz CT molecular complexity index is 949. The van der Waals surface area contributed by atoms with Crippen LogP contribution in [0.15, 0.2) is 48.5 Å². The molecule has 1 fully saturated rings. The summed E-state index contributed by atoms with van der Waals surface area (Å²) in [5, 5.41) is 0.196.